The molecule has 0 spiro atoms. The van der Waals surface area contributed by atoms with Crippen molar-refractivity contribution in [2.24, 2.45) is 5.41 Å². The number of aliphatic hydroxyl groups is 1. The molecule has 0 radical (unpaired) electrons. The Kier molecular flexibility index (Phi) is 4.00. The first kappa shape index (κ1) is 14.5. The second-order valence-corrected chi connectivity index (χ2v) is 6.37. The van der Waals surface area contributed by atoms with Crippen LogP contribution < -0.4 is 0 Å². The minimum Gasteiger partial charge on any atom is -0.396 e. The lowest BCUT2D eigenvalue weighted by Crippen LogP contribution is -2.44. The Morgan fingerprint density at radius 3 is 2.81 bits per heavy atom. The molecule has 114 valence electrons. The van der Waals surface area contributed by atoms with Crippen LogP contribution in [0.2, 0.25) is 0 Å². The Morgan fingerprint density at radius 1 is 1.38 bits per heavy atom. The van der Waals surface area contributed by atoms with Gasteiger partial charge in [-0.2, -0.15) is 0 Å². The van der Waals surface area contributed by atoms with Crippen molar-refractivity contribution in [3.05, 3.63) is 35.9 Å². The molecule has 2 aliphatic rings. The first-order valence-electron chi connectivity index (χ1n) is 7.65. The summed E-state index contributed by atoms with van der Waals surface area (Å²) in [4.78, 5) is 14.3. The summed E-state index contributed by atoms with van der Waals surface area (Å²) in [5.74, 6) is 0.0633. The summed E-state index contributed by atoms with van der Waals surface area (Å²) in [6.45, 7) is 0.277. The van der Waals surface area contributed by atoms with Gasteiger partial charge in [-0.15, -0.1) is 0 Å². The molecule has 1 amide bonds. The number of hydrogen-bond acceptors (Lipinski definition) is 3. The summed E-state index contributed by atoms with van der Waals surface area (Å²) in [7, 11) is 1.55. The standard InChI is InChI=1S/C17H23NO3/c1-21-11-16(20)18-14-7-8-15(18)17(10-14,12-19)9-13-5-3-2-4-6-13/h2-6,14-15,19H,7-12H2,1H3/t14-,15+,17-/m0/s1. The van der Waals surface area contributed by atoms with Crippen molar-refractivity contribution in [3.8, 4) is 0 Å². The molecule has 0 saturated carbocycles. The first-order valence-corrected chi connectivity index (χ1v) is 7.65. The summed E-state index contributed by atoms with van der Waals surface area (Å²) in [5.41, 5.74) is 1.05. The van der Waals surface area contributed by atoms with Crippen molar-refractivity contribution >= 4 is 5.91 Å². The number of methoxy groups -OCH3 is 1. The molecule has 3 atom stereocenters. The van der Waals surface area contributed by atoms with E-state index >= 15 is 0 Å². The van der Waals surface area contributed by atoms with E-state index in [1.807, 2.05) is 23.1 Å². The number of rotatable bonds is 5. The van der Waals surface area contributed by atoms with Gasteiger partial charge in [-0.25, -0.2) is 0 Å². The fourth-order valence-corrected chi connectivity index (χ4v) is 4.28. The normalized spacial score (nSPS) is 30.9. The maximum Gasteiger partial charge on any atom is 0.249 e. The van der Waals surface area contributed by atoms with E-state index in [0.717, 1.165) is 25.7 Å². The van der Waals surface area contributed by atoms with Gasteiger partial charge < -0.3 is 14.7 Å². The van der Waals surface area contributed by atoms with Gasteiger partial charge in [-0.1, -0.05) is 30.3 Å². The molecular weight excluding hydrogens is 266 g/mol. The number of amides is 1. The molecule has 4 heteroatoms. The molecule has 0 unspecified atom stereocenters. The molecule has 0 aliphatic carbocycles. The minimum absolute atomic E-state index is 0.0633. The fraction of sp³-hybridized carbons (Fsp3) is 0.588. The molecular formula is C17H23NO3. The summed E-state index contributed by atoms with van der Waals surface area (Å²) >= 11 is 0. The minimum atomic E-state index is -0.187. The predicted molar refractivity (Wildman–Crippen MR) is 79.8 cm³/mol. The summed E-state index contributed by atoms with van der Waals surface area (Å²) in [6, 6.07) is 10.7. The lowest BCUT2D eigenvalue weighted by atomic mass is 9.70. The predicted octanol–water partition coefficient (Wildman–Crippen LogP) is 1.62. The molecule has 0 aromatic heterocycles. The average Bonchev–Trinajstić information content (AvgIpc) is 3.04. The fourth-order valence-electron chi connectivity index (χ4n) is 4.28. The van der Waals surface area contributed by atoms with Crippen molar-refractivity contribution in [1.82, 2.24) is 4.90 Å². The number of carbonyl (C=O) groups is 1. The van der Waals surface area contributed by atoms with Crippen LogP contribution in [0.25, 0.3) is 0 Å². The zero-order valence-electron chi connectivity index (χ0n) is 12.5. The van der Waals surface area contributed by atoms with Crippen LogP contribution in [0.1, 0.15) is 24.8 Å². The number of hydrogen-bond donors (Lipinski definition) is 1. The van der Waals surface area contributed by atoms with Gasteiger partial charge in [0, 0.05) is 24.6 Å². The number of aliphatic hydroxyl groups excluding tert-OH is 1. The molecule has 2 saturated heterocycles. The molecule has 2 aliphatic heterocycles. The lowest BCUT2D eigenvalue weighted by Gasteiger charge is -2.36. The van der Waals surface area contributed by atoms with Crippen LogP contribution in [0.5, 0.6) is 0 Å². The number of benzene rings is 1. The number of carbonyl (C=O) groups excluding carboxylic acids is 1. The lowest BCUT2D eigenvalue weighted by molar-refractivity contribution is -0.137. The van der Waals surface area contributed by atoms with Gasteiger partial charge in [0.15, 0.2) is 0 Å². The average molecular weight is 289 g/mol. The third kappa shape index (κ3) is 2.47. The van der Waals surface area contributed by atoms with Crippen molar-refractivity contribution in [3.63, 3.8) is 0 Å². The zero-order valence-corrected chi connectivity index (χ0v) is 12.5. The van der Waals surface area contributed by atoms with E-state index in [-0.39, 0.29) is 36.6 Å². The maximum absolute atomic E-state index is 12.3. The van der Waals surface area contributed by atoms with Gasteiger partial charge in [0.2, 0.25) is 5.91 Å². The Bertz CT molecular complexity index is 504. The van der Waals surface area contributed by atoms with Crippen LogP contribution in [0, 0.1) is 5.41 Å². The maximum atomic E-state index is 12.3. The first-order chi connectivity index (χ1) is 10.2. The van der Waals surface area contributed by atoms with E-state index in [9.17, 15) is 9.90 Å². The van der Waals surface area contributed by atoms with Crippen LogP contribution in [0.15, 0.2) is 30.3 Å². The van der Waals surface area contributed by atoms with Crippen molar-refractivity contribution < 1.29 is 14.6 Å². The highest BCUT2D eigenvalue weighted by molar-refractivity contribution is 5.79. The van der Waals surface area contributed by atoms with Gasteiger partial charge in [0.1, 0.15) is 6.61 Å². The van der Waals surface area contributed by atoms with Crippen molar-refractivity contribution in [1.29, 1.82) is 0 Å². The SMILES string of the molecule is COCC(=O)N1[C@H]2CC[C@@H]1[C@@](CO)(Cc1ccccc1)C2. The summed E-state index contributed by atoms with van der Waals surface area (Å²) in [6.07, 6.45) is 3.78. The molecule has 21 heavy (non-hydrogen) atoms. The van der Waals surface area contributed by atoms with E-state index in [4.69, 9.17) is 4.74 Å². The van der Waals surface area contributed by atoms with Gasteiger partial charge in [0.05, 0.1) is 6.61 Å². The van der Waals surface area contributed by atoms with Crippen LogP contribution in [-0.2, 0) is 16.0 Å². The van der Waals surface area contributed by atoms with Gasteiger partial charge in [-0.05, 0) is 31.2 Å². The molecule has 1 aromatic carbocycles. The Hall–Kier alpha value is -1.39. The van der Waals surface area contributed by atoms with E-state index in [2.05, 4.69) is 12.1 Å². The van der Waals surface area contributed by atoms with Crippen molar-refractivity contribution in [2.45, 2.75) is 37.8 Å². The summed E-state index contributed by atoms with van der Waals surface area (Å²) in [5, 5.41) is 10.1. The monoisotopic (exact) mass is 289 g/mol. The Morgan fingerprint density at radius 2 is 2.14 bits per heavy atom. The Balaban J connectivity index is 1.82. The smallest absolute Gasteiger partial charge is 0.249 e. The molecule has 2 bridgehead atoms. The molecule has 4 nitrogen and oxygen atoms in total. The Labute approximate surface area is 125 Å². The van der Waals surface area contributed by atoms with Crippen LogP contribution in [0.3, 0.4) is 0 Å². The van der Waals surface area contributed by atoms with E-state index in [1.54, 1.807) is 7.11 Å². The van der Waals surface area contributed by atoms with Crippen LogP contribution in [0.4, 0.5) is 0 Å². The third-order valence-electron chi connectivity index (χ3n) is 5.12. The molecule has 2 heterocycles. The highest BCUT2D eigenvalue weighted by Crippen LogP contribution is 2.51. The van der Waals surface area contributed by atoms with Crippen molar-refractivity contribution in [2.75, 3.05) is 20.3 Å². The van der Waals surface area contributed by atoms with Gasteiger partial charge >= 0.3 is 0 Å². The molecule has 2 fully saturated rings. The number of fused-ring (bicyclic) bond motifs is 2. The zero-order chi connectivity index (χ0) is 14.9. The second-order valence-electron chi connectivity index (χ2n) is 6.37. The quantitative estimate of drug-likeness (QED) is 0.896. The van der Waals surface area contributed by atoms with Gasteiger partial charge in [0.25, 0.3) is 0 Å². The largest absolute Gasteiger partial charge is 0.396 e. The van der Waals surface area contributed by atoms with Gasteiger partial charge in [-0.3, -0.25) is 4.79 Å². The second kappa shape index (κ2) is 5.78. The molecule has 1 N–H and O–H groups in total. The highest BCUT2D eigenvalue weighted by atomic mass is 16.5. The topological polar surface area (TPSA) is 49.8 Å². The van der Waals surface area contributed by atoms with E-state index in [0.29, 0.717) is 0 Å². The van der Waals surface area contributed by atoms with E-state index < -0.39 is 0 Å². The molecule has 3 rings (SSSR count). The number of nitrogens with zero attached hydrogens (tertiary/aromatic N) is 1. The number of ether oxygens (including phenoxy) is 1. The van der Waals surface area contributed by atoms with E-state index in [1.165, 1.54) is 5.56 Å². The highest BCUT2D eigenvalue weighted by Gasteiger charge is 2.56. The summed E-state index contributed by atoms with van der Waals surface area (Å²) < 4.78 is 5.01. The third-order valence-corrected chi connectivity index (χ3v) is 5.12. The molecule has 1 aromatic rings. The van der Waals surface area contributed by atoms with Crippen LogP contribution >= 0.6 is 0 Å². The van der Waals surface area contributed by atoms with Crippen LogP contribution in [-0.4, -0.2) is 48.3 Å².